The first-order valence-electron chi connectivity index (χ1n) is 13.4. The minimum absolute atomic E-state index is 0.0385. The highest BCUT2D eigenvalue weighted by atomic mass is 16.6. The Kier molecular flexibility index (Phi) is 5.03. The number of carbonyl (C=O) groups is 3. The molecular weight excluding hydrogens is 438 g/mol. The number of nitrogens with zero attached hydrogens (tertiary/aromatic N) is 1. The van der Waals surface area contributed by atoms with Crippen LogP contribution in [0.3, 0.4) is 0 Å². The first-order chi connectivity index (χ1) is 16.5. The Labute approximate surface area is 200 Å². The van der Waals surface area contributed by atoms with E-state index >= 15 is 0 Å². The molecule has 6 aliphatic carbocycles. The molecule has 0 aromatic heterocycles. The summed E-state index contributed by atoms with van der Waals surface area (Å²) in [5.41, 5.74) is -0.354. The summed E-state index contributed by atoms with van der Waals surface area (Å²) in [5.74, 6) is -0.00717. The van der Waals surface area contributed by atoms with Crippen molar-refractivity contribution in [1.82, 2.24) is 4.90 Å². The Bertz CT molecular complexity index is 847. The smallest absolute Gasteiger partial charge is 0.312 e. The highest BCUT2D eigenvalue weighted by molar-refractivity contribution is 5.86. The van der Waals surface area contributed by atoms with Crippen LogP contribution in [-0.2, 0) is 33.3 Å². The third-order valence-electron chi connectivity index (χ3n) is 10.3. The minimum atomic E-state index is -0.560. The fourth-order valence-electron chi connectivity index (χ4n) is 9.27. The first-order valence-corrected chi connectivity index (χ1v) is 13.4. The van der Waals surface area contributed by atoms with E-state index in [1.807, 2.05) is 0 Å². The molecule has 0 aromatic rings. The van der Waals surface area contributed by atoms with Crippen LogP contribution in [0.4, 0.5) is 0 Å². The summed E-state index contributed by atoms with van der Waals surface area (Å²) in [6.07, 6.45) is 6.42. The van der Waals surface area contributed by atoms with Gasteiger partial charge in [0, 0.05) is 31.5 Å². The second-order valence-electron chi connectivity index (χ2n) is 12.2. The van der Waals surface area contributed by atoms with Gasteiger partial charge in [-0.2, -0.15) is 0 Å². The second-order valence-corrected chi connectivity index (χ2v) is 12.2. The zero-order valence-corrected chi connectivity index (χ0v) is 19.7. The summed E-state index contributed by atoms with van der Waals surface area (Å²) in [7, 11) is 0. The van der Waals surface area contributed by atoms with Gasteiger partial charge in [-0.25, -0.2) is 0 Å². The molecular formula is C26H35NO7. The lowest BCUT2D eigenvalue weighted by Crippen LogP contribution is -2.53. The monoisotopic (exact) mass is 473 g/mol. The molecule has 2 aliphatic heterocycles. The Morgan fingerprint density at radius 1 is 0.971 bits per heavy atom. The highest BCUT2D eigenvalue weighted by Crippen LogP contribution is 2.62. The fraction of sp³-hybridized carbons (Fsp3) is 0.885. The van der Waals surface area contributed by atoms with Crippen LogP contribution in [0.1, 0.15) is 44.9 Å². The van der Waals surface area contributed by atoms with E-state index in [1.165, 1.54) is 19.3 Å². The molecule has 8 nitrogen and oxygen atoms in total. The van der Waals surface area contributed by atoms with E-state index in [0.717, 1.165) is 32.4 Å². The Balaban J connectivity index is 1.04. The van der Waals surface area contributed by atoms with E-state index in [1.54, 1.807) is 0 Å². The van der Waals surface area contributed by atoms with Gasteiger partial charge in [0.1, 0.15) is 18.8 Å². The topological polar surface area (TPSA) is 91.4 Å². The zero-order chi connectivity index (χ0) is 23.0. The molecule has 8 aliphatic rings. The maximum absolute atomic E-state index is 13.6. The van der Waals surface area contributed by atoms with E-state index in [9.17, 15) is 14.4 Å². The summed E-state index contributed by atoms with van der Waals surface area (Å²) < 4.78 is 23.0. The molecule has 8 rings (SSSR count). The van der Waals surface area contributed by atoms with Gasteiger partial charge in [-0.3, -0.25) is 19.3 Å². The molecule has 8 fully saturated rings. The lowest BCUT2D eigenvalue weighted by molar-refractivity contribution is -0.187. The number of carbonyl (C=O) groups excluding carboxylic acids is 3. The largest absolute Gasteiger partial charge is 0.464 e. The van der Waals surface area contributed by atoms with Gasteiger partial charge in [-0.1, -0.05) is 0 Å². The van der Waals surface area contributed by atoms with Gasteiger partial charge in [-0.15, -0.1) is 0 Å². The third kappa shape index (κ3) is 3.27. The van der Waals surface area contributed by atoms with Crippen molar-refractivity contribution < 1.29 is 33.3 Å². The molecule has 34 heavy (non-hydrogen) atoms. The second kappa shape index (κ2) is 7.92. The molecule has 6 atom stereocenters. The quantitative estimate of drug-likeness (QED) is 0.426. The summed E-state index contributed by atoms with van der Waals surface area (Å²) in [6, 6.07) is 0. The van der Waals surface area contributed by atoms with Crippen molar-refractivity contribution in [2.45, 2.75) is 57.2 Å². The Morgan fingerprint density at radius 3 is 2.32 bits per heavy atom. The van der Waals surface area contributed by atoms with E-state index in [2.05, 4.69) is 4.90 Å². The van der Waals surface area contributed by atoms with E-state index in [0.29, 0.717) is 50.5 Å². The third-order valence-corrected chi connectivity index (χ3v) is 10.3. The summed E-state index contributed by atoms with van der Waals surface area (Å²) >= 11 is 0. The van der Waals surface area contributed by atoms with Crippen LogP contribution in [0.15, 0.2) is 0 Å². The van der Waals surface area contributed by atoms with Crippen molar-refractivity contribution in [3.8, 4) is 0 Å². The van der Waals surface area contributed by atoms with E-state index in [-0.39, 0.29) is 35.2 Å². The molecule has 2 saturated heterocycles. The van der Waals surface area contributed by atoms with Crippen LogP contribution in [0.2, 0.25) is 0 Å². The predicted octanol–water partition coefficient (Wildman–Crippen LogP) is 1.80. The highest BCUT2D eigenvalue weighted by Gasteiger charge is 2.70. The molecule has 0 spiro atoms. The molecule has 0 aromatic carbocycles. The number of hydrogen-bond donors (Lipinski definition) is 0. The van der Waals surface area contributed by atoms with Gasteiger partial charge < -0.3 is 18.9 Å². The normalized spacial score (nSPS) is 48.2. The van der Waals surface area contributed by atoms with Gasteiger partial charge in [0.2, 0.25) is 0 Å². The maximum Gasteiger partial charge on any atom is 0.312 e. The van der Waals surface area contributed by atoms with Crippen molar-refractivity contribution in [1.29, 1.82) is 0 Å². The van der Waals surface area contributed by atoms with Gasteiger partial charge in [0.05, 0.1) is 30.5 Å². The SMILES string of the molecule is O=C1OC2C3CC(C2OC(=O)C24CC5CC(CC(C5)C2)C4)C(C(=O)OCCN2CCOCC2)C13. The average molecular weight is 474 g/mol. The number of morpholine rings is 1. The summed E-state index contributed by atoms with van der Waals surface area (Å²) in [4.78, 5) is 41.7. The molecule has 2 heterocycles. The number of esters is 3. The van der Waals surface area contributed by atoms with Crippen LogP contribution in [0.25, 0.3) is 0 Å². The number of ether oxygens (including phenoxy) is 4. The van der Waals surface area contributed by atoms with Crippen molar-refractivity contribution >= 4 is 17.9 Å². The van der Waals surface area contributed by atoms with Crippen LogP contribution in [-0.4, -0.2) is 74.5 Å². The lowest BCUT2D eigenvalue weighted by Gasteiger charge is -2.55. The van der Waals surface area contributed by atoms with Gasteiger partial charge in [0.15, 0.2) is 0 Å². The van der Waals surface area contributed by atoms with Gasteiger partial charge in [0.25, 0.3) is 0 Å². The molecule has 8 heteroatoms. The Hall–Kier alpha value is -1.67. The predicted molar refractivity (Wildman–Crippen MR) is 117 cm³/mol. The molecule has 6 unspecified atom stereocenters. The van der Waals surface area contributed by atoms with Gasteiger partial charge >= 0.3 is 17.9 Å². The van der Waals surface area contributed by atoms with Crippen LogP contribution in [0.5, 0.6) is 0 Å². The minimum Gasteiger partial charge on any atom is -0.464 e. The first kappa shape index (κ1) is 21.6. The van der Waals surface area contributed by atoms with E-state index in [4.69, 9.17) is 18.9 Å². The number of fused-ring (bicyclic) bond motifs is 1. The van der Waals surface area contributed by atoms with Crippen LogP contribution >= 0.6 is 0 Å². The molecule has 0 amide bonds. The fourth-order valence-corrected chi connectivity index (χ4v) is 9.27. The molecule has 6 bridgehead atoms. The van der Waals surface area contributed by atoms with Gasteiger partial charge in [-0.05, 0) is 62.7 Å². The maximum atomic E-state index is 13.6. The lowest BCUT2D eigenvalue weighted by atomic mass is 9.49. The van der Waals surface area contributed by atoms with Crippen LogP contribution < -0.4 is 0 Å². The number of hydrogen-bond acceptors (Lipinski definition) is 8. The molecule has 6 saturated carbocycles. The number of rotatable bonds is 6. The summed E-state index contributed by atoms with van der Waals surface area (Å²) in [5, 5.41) is 0. The zero-order valence-electron chi connectivity index (χ0n) is 19.7. The van der Waals surface area contributed by atoms with Crippen molar-refractivity contribution in [2.75, 3.05) is 39.5 Å². The molecule has 0 radical (unpaired) electrons. The van der Waals surface area contributed by atoms with Crippen molar-refractivity contribution in [3.63, 3.8) is 0 Å². The molecule has 0 N–H and O–H groups in total. The molecule has 186 valence electrons. The van der Waals surface area contributed by atoms with E-state index < -0.39 is 24.0 Å². The summed E-state index contributed by atoms with van der Waals surface area (Å²) in [6.45, 7) is 4.04. The standard InChI is InChI=1S/C26H35NO7/c28-23(32-6-3-27-1-4-31-5-2-27)19-17-10-18-20(19)24(29)33-21(18)22(17)34-25(30)26-11-14-7-15(12-26)9-16(8-14)13-26/h14-22H,1-13H2. The van der Waals surface area contributed by atoms with Crippen molar-refractivity contribution in [3.05, 3.63) is 0 Å². The van der Waals surface area contributed by atoms with Crippen LogP contribution in [0, 0.1) is 46.8 Å². The average Bonchev–Trinajstić information content (AvgIpc) is 3.43. The Morgan fingerprint density at radius 2 is 1.65 bits per heavy atom. The van der Waals surface area contributed by atoms with Crippen molar-refractivity contribution in [2.24, 2.45) is 46.8 Å².